The van der Waals surface area contributed by atoms with Gasteiger partial charge in [0.1, 0.15) is 0 Å². The second kappa shape index (κ2) is 5.51. The number of hydrogen-bond acceptors (Lipinski definition) is 2. The Hall–Kier alpha value is -1.06. The minimum atomic E-state index is -0.125. The molecular formula is C15H24N2O2. The number of amides is 3. The van der Waals surface area contributed by atoms with E-state index in [4.69, 9.17) is 0 Å². The number of hydrogen-bond donors (Lipinski definition) is 1. The van der Waals surface area contributed by atoms with Crippen molar-refractivity contribution in [3.8, 4) is 0 Å². The number of carbonyl (C=O) groups excluding carboxylic acids is 2. The van der Waals surface area contributed by atoms with Crippen molar-refractivity contribution in [1.82, 2.24) is 10.2 Å². The van der Waals surface area contributed by atoms with Crippen molar-refractivity contribution < 1.29 is 9.59 Å². The van der Waals surface area contributed by atoms with Crippen LogP contribution in [0.2, 0.25) is 0 Å². The summed E-state index contributed by atoms with van der Waals surface area (Å²) in [4.78, 5) is 26.5. The number of nitrogens with one attached hydrogen (secondary N) is 1. The monoisotopic (exact) mass is 264 g/mol. The van der Waals surface area contributed by atoms with E-state index in [2.05, 4.69) is 5.32 Å². The van der Waals surface area contributed by atoms with Crippen molar-refractivity contribution in [3.63, 3.8) is 0 Å². The van der Waals surface area contributed by atoms with Gasteiger partial charge in [-0.25, -0.2) is 4.79 Å². The normalized spacial score (nSPS) is 33.6. The summed E-state index contributed by atoms with van der Waals surface area (Å²) in [5.41, 5.74) is 0. The van der Waals surface area contributed by atoms with Crippen LogP contribution in [0.3, 0.4) is 0 Å². The fourth-order valence-electron chi connectivity index (χ4n) is 3.97. The van der Waals surface area contributed by atoms with Gasteiger partial charge in [-0.05, 0) is 25.7 Å². The zero-order chi connectivity index (χ0) is 13.2. The van der Waals surface area contributed by atoms with Gasteiger partial charge in [0.05, 0.1) is 5.92 Å². The fraction of sp³-hybridized carbons (Fsp3) is 0.867. The Labute approximate surface area is 114 Å². The van der Waals surface area contributed by atoms with Crippen molar-refractivity contribution >= 4 is 11.9 Å². The maximum Gasteiger partial charge on any atom is 0.324 e. The Morgan fingerprint density at radius 2 is 1.47 bits per heavy atom. The third-order valence-corrected chi connectivity index (χ3v) is 5.04. The van der Waals surface area contributed by atoms with E-state index in [9.17, 15) is 9.59 Å². The van der Waals surface area contributed by atoms with Crippen LogP contribution in [0.25, 0.3) is 0 Å². The molecule has 2 atom stereocenters. The number of rotatable bonds is 1. The quantitative estimate of drug-likeness (QED) is 0.791. The first-order chi connectivity index (χ1) is 9.27. The molecule has 2 unspecified atom stereocenters. The maximum absolute atomic E-state index is 12.7. The summed E-state index contributed by atoms with van der Waals surface area (Å²) < 4.78 is 0. The molecular weight excluding hydrogens is 240 g/mol. The van der Waals surface area contributed by atoms with Gasteiger partial charge >= 0.3 is 6.03 Å². The van der Waals surface area contributed by atoms with Crippen LogP contribution in [0.5, 0.6) is 0 Å². The highest BCUT2D eigenvalue weighted by molar-refractivity contribution is 5.99. The molecule has 3 rings (SSSR count). The lowest BCUT2D eigenvalue weighted by molar-refractivity contribution is -0.138. The molecule has 19 heavy (non-hydrogen) atoms. The minimum absolute atomic E-state index is 0.0436. The first-order valence-corrected chi connectivity index (χ1v) is 7.91. The van der Waals surface area contributed by atoms with Gasteiger partial charge in [0.25, 0.3) is 0 Å². The third kappa shape index (κ3) is 2.49. The molecule has 0 bridgehead atoms. The van der Waals surface area contributed by atoms with E-state index in [1.807, 2.05) is 0 Å². The molecule has 1 heterocycles. The topological polar surface area (TPSA) is 49.4 Å². The van der Waals surface area contributed by atoms with Gasteiger partial charge in [0.15, 0.2) is 0 Å². The van der Waals surface area contributed by atoms with Gasteiger partial charge < -0.3 is 5.32 Å². The lowest BCUT2D eigenvalue weighted by atomic mass is 9.88. The van der Waals surface area contributed by atoms with Crippen molar-refractivity contribution in [2.24, 2.45) is 5.92 Å². The van der Waals surface area contributed by atoms with Crippen molar-refractivity contribution in [1.29, 1.82) is 0 Å². The van der Waals surface area contributed by atoms with E-state index >= 15 is 0 Å². The first-order valence-electron chi connectivity index (χ1n) is 7.91. The maximum atomic E-state index is 12.7. The minimum Gasteiger partial charge on any atom is -0.334 e. The molecule has 1 aliphatic heterocycles. The number of fused-ring (bicyclic) bond motifs is 1. The fourth-order valence-corrected chi connectivity index (χ4v) is 3.97. The van der Waals surface area contributed by atoms with Gasteiger partial charge in [0.2, 0.25) is 5.91 Å². The third-order valence-electron chi connectivity index (χ3n) is 5.04. The van der Waals surface area contributed by atoms with Gasteiger partial charge in [-0.1, -0.05) is 38.5 Å². The molecule has 0 spiro atoms. The van der Waals surface area contributed by atoms with Crippen LogP contribution >= 0.6 is 0 Å². The van der Waals surface area contributed by atoms with Crippen LogP contribution in [0.4, 0.5) is 4.79 Å². The van der Waals surface area contributed by atoms with E-state index in [-0.39, 0.29) is 29.9 Å². The van der Waals surface area contributed by atoms with Gasteiger partial charge in [0, 0.05) is 12.1 Å². The highest BCUT2D eigenvalue weighted by Crippen LogP contribution is 2.32. The van der Waals surface area contributed by atoms with Gasteiger partial charge in [-0.15, -0.1) is 0 Å². The Bertz CT molecular complexity index is 363. The molecule has 0 aromatic carbocycles. The molecule has 2 saturated carbocycles. The summed E-state index contributed by atoms with van der Waals surface area (Å²) in [7, 11) is 0. The molecule has 3 amide bonds. The van der Waals surface area contributed by atoms with E-state index < -0.39 is 0 Å². The van der Waals surface area contributed by atoms with E-state index in [1.165, 1.54) is 12.8 Å². The molecule has 106 valence electrons. The number of urea groups is 1. The molecule has 0 aromatic rings. The van der Waals surface area contributed by atoms with Crippen LogP contribution in [-0.4, -0.2) is 28.9 Å². The first kappa shape index (κ1) is 12.9. The lowest BCUT2D eigenvalue weighted by Crippen LogP contribution is -2.62. The predicted molar refractivity (Wildman–Crippen MR) is 72.6 cm³/mol. The zero-order valence-electron chi connectivity index (χ0n) is 11.6. The Kier molecular flexibility index (Phi) is 3.76. The van der Waals surface area contributed by atoms with Crippen LogP contribution in [0.1, 0.15) is 64.2 Å². The average Bonchev–Trinajstić information content (AvgIpc) is 2.65. The van der Waals surface area contributed by atoms with Crippen LogP contribution in [0.15, 0.2) is 0 Å². The van der Waals surface area contributed by atoms with E-state index in [0.29, 0.717) is 0 Å². The zero-order valence-corrected chi connectivity index (χ0v) is 11.6. The van der Waals surface area contributed by atoms with Gasteiger partial charge in [-0.3, -0.25) is 9.69 Å². The highest BCUT2D eigenvalue weighted by Gasteiger charge is 2.43. The summed E-state index contributed by atoms with van der Waals surface area (Å²) in [5.74, 6) is 0.157. The molecule has 0 radical (unpaired) electrons. The van der Waals surface area contributed by atoms with Crippen molar-refractivity contribution in [2.75, 3.05) is 0 Å². The van der Waals surface area contributed by atoms with Crippen LogP contribution < -0.4 is 5.32 Å². The summed E-state index contributed by atoms with van der Waals surface area (Å²) in [6, 6.07) is 0.132. The molecule has 3 fully saturated rings. The molecule has 4 nitrogen and oxygen atoms in total. The lowest BCUT2D eigenvalue weighted by Gasteiger charge is -2.41. The summed E-state index contributed by atoms with van der Waals surface area (Å²) in [5, 5.41) is 3.10. The van der Waals surface area contributed by atoms with Crippen molar-refractivity contribution in [3.05, 3.63) is 0 Å². The summed E-state index contributed by atoms with van der Waals surface area (Å²) in [6.45, 7) is 0. The standard InChI is InChI=1S/C15H24N2O2/c18-14-12-9-5-2-6-10-13(12)16-15(19)17(14)11-7-3-1-4-8-11/h11-13H,1-10H2,(H,16,19). The number of imide groups is 1. The van der Waals surface area contributed by atoms with Crippen molar-refractivity contribution in [2.45, 2.75) is 76.3 Å². The summed E-state index contributed by atoms with van der Waals surface area (Å²) >= 11 is 0. The molecule has 1 saturated heterocycles. The number of nitrogens with zero attached hydrogens (tertiary/aromatic N) is 1. The molecule has 4 heteroatoms. The average molecular weight is 264 g/mol. The Morgan fingerprint density at radius 1 is 0.842 bits per heavy atom. The molecule has 3 aliphatic rings. The van der Waals surface area contributed by atoms with E-state index in [1.54, 1.807) is 4.90 Å². The largest absolute Gasteiger partial charge is 0.334 e. The van der Waals surface area contributed by atoms with Gasteiger partial charge in [-0.2, -0.15) is 0 Å². The predicted octanol–water partition coefficient (Wildman–Crippen LogP) is 2.82. The highest BCUT2D eigenvalue weighted by atomic mass is 16.2. The molecule has 2 aliphatic carbocycles. The van der Waals surface area contributed by atoms with Crippen LogP contribution in [0, 0.1) is 5.92 Å². The Balaban J connectivity index is 1.77. The summed E-state index contributed by atoms with van der Waals surface area (Å²) in [6.07, 6.45) is 10.9. The second-order valence-electron chi connectivity index (χ2n) is 6.30. The second-order valence-corrected chi connectivity index (χ2v) is 6.30. The number of carbonyl (C=O) groups is 2. The van der Waals surface area contributed by atoms with E-state index in [0.717, 1.165) is 51.4 Å². The molecule has 0 aromatic heterocycles. The Morgan fingerprint density at radius 3 is 2.21 bits per heavy atom. The molecule has 1 N–H and O–H groups in total. The SMILES string of the molecule is O=C1NC2CCCCCC2C(=O)N1C1CCCCC1. The van der Waals surface area contributed by atoms with Crippen LogP contribution in [-0.2, 0) is 4.79 Å². The smallest absolute Gasteiger partial charge is 0.324 e.